The second kappa shape index (κ2) is 4.71. The minimum Gasteiger partial charge on any atom is -0.323 e. The zero-order valence-electron chi connectivity index (χ0n) is 10.8. The third-order valence-corrected chi connectivity index (χ3v) is 3.63. The van der Waals surface area contributed by atoms with Gasteiger partial charge in [0.2, 0.25) is 0 Å². The fourth-order valence-electron chi connectivity index (χ4n) is 2.35. The molecule has 0 amide bonds. The molecule has 0 fully saturated rings. The van der Waals surface area contributed by atoms with Crippen LogP contribution in [0.25, 0.3) is 21.5 Å². The van der Waals surface area contributed by atoms with Crippen LogP contribution in [0.1, 0.15) is 0 Å². The van der Waals surface area contributed by atoms with Gasteiger partial charge >= 0.3 is 0 Å². The average molecular weight is 296 g/mol. The lowest BCUT2D eigenvalue weighted by atomic mass is 10.1. The number of H-pyrrole nitrogens is 1. The van der Waals surface area contributed by atoms with Gasteiger partial charge < -0.3 is 5.32 Å². The van der Waals surface area contributed by atoms with Gasteiger partial charge in [0.05, 0.1) is 6.20 Å². The third kappa shape index (κ3) is 2.08. The van der Waals surface area contributed by atoms with Crippen LogP contribution in [0.4, 0.5) is 11.6 Å². The number of hydrogen-bond acceptors (Lipinski definition) is 4. The third-order valence-electron chi connectivity index (χ3n) is 3.35. The SMILES string of the molecule is Clc1nnc(Nc2ccn[nH]2)c2cc3ccccc3cc12. The number of benzene rings is 2. The van der Waals surface area contributed by atoms with Gasteiger partial charge in [-0.25, -0.2) is 0 Å². The summed E-state index contributed by atoms with van der Waals surface area (Å²) in [5.41, 5.74) is 0. The summed E-state index contributed by atoms with van der Waals surface area (Å²) in [7, 11) is 0. The molecule has 0 radical (unpaired) electrons. The molecule has 0 saturated carbocycles. The highest BCUT2D eigenvalue weighted by molar-refractivity contribution is 6.35. The van der Waals surface area contributed by atoms with Gasteiger partial charge in [0, 0.05) is 16.8 Å². The molecular weight excluding hydrogens is 286 g/mol. The predicted molar refractivity (Wildman–Crippen MR) is 83.9 cm³/mol. The maximum absolute atomic E-state index is 6.19. The second-order valence-electron chi connectivity index (χ2n) is 4.68. The Morgan fingerprint density at radius 1 is 0.952 bits per heavy atom. The first-order valence-electron chi connectivity index (χ1n) is 6.42. The summed E-state index contributed by atoms with van der Waals surface area (Å²) in [4.78, 5) is 0. The van der Waals surface area contributed by atoms with Gasteiger partial charge in [0.15, 0.2) is 11.0 Å². The standard InChI is InChI=1S/C15H10ClN5/c16-14-11-7-9-3-1-2-4-10(9)8-12(11)15(21-20-14)18-13-5-6-17-19-13/h1-8H,(H2,17,18,19,21). The van der Waals surface area contributed by atoms with Crippen molar-refractivity contribution >= 4 is 44.8 Å². The highest BCUT2D eigenvalue weighted by Crippen LogP contribution is 2.31. The molecule has 5 nitrogen and oxygen atoms in total. The van der Waals surface area contributed by atoms with Crippen LogP contribution in [0.15, 0.2) is 48.7 Å². The fourth-order valence-corrected chi connectivity index (χ4v) is 2.55. The van der Waals surface area contributed by atoms with Gasteiger partial charge in [-0.3, -0.25) is 5.10 Å². The molecule has 0 aliphatic heterocycles. The molecule has 4 aromatic rings. The first-order valence-corrected chi connectivity index (χ1v) is 6.80. The molecule has 4 rings (SSSR count). The summed E-state index contributed by atoms with van der Waals surface area (Å²) in [6.45, 7) is 0. The summed E-state index contributed by atoms with van der Waals surface area (Å²) in [5.74, 6) is 1.39. The molecule has 6 heteroatoms. The Balaban J connectivity index is 1.98. The number of nitrogens with one attached hydrogen (secondary N) is 2. The first-order chi connectivity index (χ1) is 10.3. The molecule has 2 aromatic carbocycles. The van der Waals surface area contributed by atoms with Crippen molar-refractivity contribution < 1.29 is 0 Å². The average Bonchev–Trinajstić information content (AvgIpc) is 3.02. The van der Waals surface area contributed by atoms with E-state index in [2.05, 4.69) is 37.8 Å². The van der Waals surface area contributed by atoms with E-state index in [0.717, 1.165) is 27.4 Å². The van der Waals surface area contributed by atoms with Crippen molar-refractivity contribution in [3.63, 3.8) is 0 Å². The normalized spacial score (nSPS) is 11.1. The molecule has 2 heterocycles. The number of aromatic nitrogens is 4. The molecular formula is C15H10ClN5. The van der Waals surface area contributed by atoms with Crippen molar-refractivity contribution in [3.05, 3.63) is 53.8 Å². The number of aromatic amines is 1. The maximum atomic E-state index is 6.19. The molecule has 21 heavy (non-hydrogen) atoms. The lowest BCUT2D eigenvalue weighted by molar-refractivity contribution is 1.04. The van der Waals surface area contributed by atoms with Crippen LogP contribution in [0.3, 0.4) is 0 Å². The van der Waals surface area contributed by atoms with Crippen LogP contribution in [0.2, 0.25) is 5.15 Å². The van der Waals surface area contributed by atoms with Crippen molar-refractivity contribution in [2.24, 2.45) is 0 Å². The number of halogens is 1. The van der Waals surface area contributed by atoms with Gasteiger partial charge in [-0.15, -0.1) is 10.2 Å². The van der Waals surface area contributed by atoms with Gasteiger partial charge in [0.25, 0.3) is 0 Å². The Bertz CT molecular complexity index is 934. The molecule has 0 aliphatic carbocycles. The molecule has 102 valence electrons. The van der Waals surface area contributed by atoms with Crippen LogP contribution >= 0.6 is 11.6 Å². The van der Waals surface area contributed by atoms with E-state index in [0.29, 0.717) is 11.0 Å². The number of rotatable bonds is 2. The number of hydrogen-bond donors (Lipinski definition) is 2. The largest absolute Gasteiger partial charge is 0.323 e. The zero-order valence-corrected chi connectivity index (χ0v) is 11.6. The van der Waals surface area contributed by atoms with Crippen LogP contribution in [0, 0.1) is 0 Å². The van der Waals surface area contributed by atoms with E-state index in [1.165, 1.54) is 0 Å². The number of anilines is 2. The van der Waals surface area contributed by atoms with E-state index < -0.39 is 0 Å². The molecule has 0 aliphatic rings. The Labute approximate surface area is 125 Å². The molecule has 0 unspecified atom stereocenters. The van der Waals surface area contributed by atoms with Crippen molar-refractivity contribution in [1.82, 2.24) is 20.4 Å². The van der Waals surface area contributed by atoms with E-state index in [4.69, 9.17) is 11.6 Å². The second-order valence-corrected chi connectivity index (χ2v) is 5.04. The van der Waals surface area contributed by atoms with Gasteiger partial charge in [-0.1, -0.05) is 35.9 Å². The highest BCUT2D eigenvalue weighted by atomic mass is 35.5. The zero-order chi connectivity index (χ0) is 14.2. The Morgan fingerprint density at radius 3 is 2.43 bits per heavy atom. The Hall–Kier alpha value is -2.66. The van der Waals surface area contributed by atoms with E-state index in [1.807, 2.05) is 30.3 Å². The van der Waals surface area contributed by atoms with E-state index in [9.17, 15) is 0 Å². The predicted octanol–water partition coefficient (Wildman–Crippen LogP) is 3.90. The quantitative estimate of drug-likeness (QED) is 0.550. The van der Waals surface area contributed by atoms with Crippen molar-refractivity contribution in [2.75, 3.05) is 5.32 Å². The lowest BCUT2D eigenvalue weighted by Crippen LogP contribution is -1.98. The van der Waals surface area contributed by atoms with Crippen LogP contribution in [0.5, 0.6) is 0 Å². The molecule has 0 atom stereocenters. The summed E-state index contributed by atoms with van der Waals surface area (Å²) >= 11 is 6.19. The maximum Gasteiger partial charge on any atom is 0.162 e. The van der Waals surface area contributed by atoms with Crippen LogP contribution < -0.4 is 5.32 Å². The van der Waals surface area contributed by atoms with Gasteiger partial charge in [-0.2, -0.15) is 5.10 Å². The van der Waals surface area contributed by atoms with E-state index in [1.54, 1.807) is 6.20 Å². The molecule has 2 aromatic heterocycles. The summed E-state index contributed by atoms with van der Waals surface area (Å²) in [6.07, 6.45) is 1.67. The van der Waals surface area contributed by atoms with E-state index in [-0.39, 0.29) is 0 Å². The van der Waals surface area contributed by atoms with E-state index >= 15 is 0 Å². The van der Waals surface area contributed by atoms with Gasteiger partial charge in [0.1, 0.15) is 5.82 Å². The van der Waals surface area contributed by atoms with Crippen LogP contribution in [-0.2, 0) is 0 Å². The first kappa shape index (κ1) is 12.1. The fraction of sp³-hybridized carbons (Fsp3) is 0. The summed E-state index contributed by atoms with van der Waals surface area (Å²) in [6, 6.07) is 14.0. The van der Waals surface area contributed by atoms with Crippen molar-refractivity contribution in [3.8, 4) is 0 Å². The van der Waals surface area contributed by atoms with Crippen LogP contribution in [-0.4, -0.2) is 20.4 Å². The highest BCUT2D eigenvalue weighted by Gasteiger charge is 2.10. The van der Waals surface area contributed by atoms with Crippen molar-refractivity contribution in [2.45, 2.75) is 0 Å². The summed E-state index contributed by atoms with van der Waals surface area (Å²) < 4.78 is 0. The topological polar surface area (TPSA) is 66.5 Å². The molecule has 0 bridgehead atoms. The Morgan fingerprint density at radius 2 is 1.71 bits per heavy atom. The Kier molecular flexibility index (Phi) is 2.72. The molecule has 2 N–H and O–H groups in total. The summed E-state index contributed by atoms with van der Waals surface area (Å²) in [5, 5.41) is 22.5. The molecule has 0 spiro atoms. The van der Waals surface area contributed by atoms with Crippen molar-refractivity contribution in [1.29, 1.82) is 0 Å². The van der Waals surface area contributed by atoms with Gasteiger partial charge in [-0.05, 0) is 22.9 Å². The smallest absolute Gasteiger partial charge is 0.162 e. The lowest BCUT2D eigenvalue weighted by Gasteiger charge is -2.08. The number of nitrogens with zero attached hydrogens (tertiary/aromatic N) is 3. The number of fused-ring (bicyclic) bond motifs is 2. The molecule has 0 saturated heterocycles. The minimum atomic E-state index is 0.394. The monoisotopic (exact) mass is 295 g/mol. The minimum absolute atomic E-state index is 0.394.